The Balaban J connectivity index is 1.43. The van der Waals surface area contributed by atoms with Gasteiger partial charge in [-0.25, -0.2) is 4.79 Å². The van der Waals surface area contributed by atoms with E-state index in [9.17, 15) is 19.2 Å². The molecule has 2 amide bonds. The lowest BCUT2D eigenvalue weighted by Crippen LogP contribution is -2.23. The number of hydrogen-bond acceptors (Lipinski definition) is 9. The van der Waals surface area contributed by atoms with Gasteiger partial charge in [0.25, 0.3) is 5.91 Å². The second kappa shape index (κ2) is 13.6. The van der Waals surface area contributed by atoms with Crippen LogP contribution in [0.25, 0.3) is 10.2 Å². The van der Waals surface area contributed by atoms with E-state index >= 15 is 0 Å². The minimum absolute atomic E-state index is 0.0102. The molecule has 0 saturated carbocycles. The van der Waals surface area contributed by atoms with Crippen LogP contribution in [0.5, 0.6) is 0 Å². The molecule has 208 valence electrons. The molecule has 0 radical (unpaired) electrons. The van der Waals surface area contributed by atoms with Crippen molar-refractivity contribution in [3.63, 3.8) is 0 Å². The lowest BCUT2D eigenvalue weighted by atomic mass is 10.1. The van der Waals surface area contributed by atoms with Gasteiger partial charge in [0.2, 0.25) is 5.91 Å². The number of aromatic nitrogens is 1. The Morgan fingerprint density at radius 2 is 1.92 bits per heavy atom. The van der Waals surface area contributed by atoms with Crippen LogP contribution in [-0.4, -0.2) is 53.5 Å². The van der Waals surface area contributed by atoms with Gasteiger partial charge < -0.3 is 19.4 Å². The van der Waals surface area contributed by atoms with E-state index in [0.29, 0.717) is 25.9 Å². The van der Waals surface area contributed by atoms with Crippen LogP contribution in [0.2, 0.25) is 5.02 Å². The quantitative estimate of drug-likeness (QED) is 0.273. The van der Waals surface area contributed by atoms with E-state index in [4.69, 9.17) is 21.1 Å². The van der Waals surface area contributed by atoms with Crippen LogP contribution in [0.3, 0.4) is 0 Å². The molecular weight excluding hydrogens is 582 g/mol. The van der Waals surface area contributed by atoms with Crippen molar-refractivity contribution in [3.8, 4) is 0 Å². The number of thiazole rings is 1. The zero-order valence-electron chi connectivity index (χ0n) is 21.5. The van der Waals surface area contributed by atoms with Crippen molar-refractivity contribution in [2.75, 3.05) is 30.5 Å². The van der Waals surface area contributed by atoms with E-state index in [1.807, 2.05) is 0 Å². The van der Waals surface area contributed by atoms with E-state index in [0.717, 1.165) is 59.0 Å². The highest BCUT2D eigenvalue weighted by atomic mass is 35.5. The molecule has 1 N–H and O–H groups in total. The van der Waals surface area contributed by atoms with Crippen molar-refractivity contribution in [1.29, 1.82) is 0 Å². The van der Waals surface area contributed by atoms with Gasteiger partial charge in [0, 0.05) is 9.90 Å². The maximum absolute atomic E-state index is 12.7. The van der Waals surface area contributed by atoms with Crippen molar-refractivity contribution >= 4 is 85.0 Å². The number of halogens is 1. The van der Waals surface area contributed by atoms with Gasteiger partial charge in [0.1, 0.15) is 11.5 Å². The van der Waals surface area contributed by atoms with Crippen LogP contribution in [0.15, 0.2) is 23.2 Å². The van der Waals surface area contributed by atoms with E-state index in [-0.39, 0.29) is 30.6 Å². The Bertz CT molecular complexity index is 1480. The number of ether oxygens (including phenoxy) is 2. The molecule has 0 saturated heterocycles. The highest BCUT2D eigenvalue weighted by Gasteiger charge is 2.26. The second-order valence-corrected chi connectivity index (χ2v) is 12.2. The maximum Gasteiger partial charge on any atom is 0.341 e. The standard InChI is InChI=1S/C26H28ClN3O6S3/c1-3-36-25(34)23-16-7-5-4-6-8-18(16)38-24(23)28-20(31)13-37-14-21(32)29-26-30(12-22(33)35-2)17-10-9-15(27)11-19(17)39-26/h9-11H,3-8,12-14H2,1-2H3,(H,28,31). The van der Waals surface area contributed by atoms with Gasteiger partial charge in [-0.15, -0.1) is 23.1 Å². The number of methoxy groups -OCH3 is 1. The molecule has 0 atom stereocenters. The summed E-state index contributed by atoms with van der Waals surface area (Å²) in [6.07, 6.45) is 4.83. The third-order valence-corrected chi connectivity index (χ3v) is 9.39. The number of carbonyl (C=O) groups is 4. The van der Waals surface area contributed by atoms with Crippen molar-refractivity contribution in [2.45, 2.75) is 45.6 Å². The average molecular weight is 610 g/mol. The molecule has 1 aliphatic rings. The number of fused-ring (bicyclic) bond motifs is 2. The van der Waals surface area contributed by atoms with Gasteiger partial charge in [0.05, 0.1) is 41.0 Å². The zero-order chi connectivity index (χ0) is 27.9. The van der Waals surface area contributed by atoms with Gasteiger partial charge in [-0.3, -0.25) is 14.4 Å². The number of carbonyl (C=O) groups excluding carboxylic acids is 4. The Hall–Kier alpha value is -2.67. The van der Waals surface area contributed by atoms with Gasteiger partial charge >= 0.3 is 11.9 Å². The monoisotopic (exact) mass is 609 g/mol. The summed E-state index contributed by atoms with van der Waals surface area (Å²) in [5.74, 6) is -1.68. The summed E-state index contributed by atoms with van der Waals surface area (Å²) >= 11 is 9.89. The summed E-state index contributed by atoms with van der Waals surface area (Å²) in [6, 6.07) is 5.20. The van der Waals surface area contributed by atoms with Gasteiger partial charge in [-0.2, -0.15) is 4.99 Å². The summed E-state index contributed by atoms with van der Waals surface area (Å²) in [5.41, 5.74) is 2.15. The molecule has 2 aromatic heterocycles. The van der Waals surface area contributed by atoms with Crippen LogP contribution in [0.1, 0.15) is 47.0 Å². The minimum Gasteiger partial charge on any atom is -0.468 e. The maximum atomic E-state index is 12.7. The molecule has 0 spiro atoms. The fourth-order valence-corrected chi connectivity index (χ4v) is 7.48. The van der Waals surface area contributed by atoms with Crippen LogP contribution in [0, 0.1) is 0 Å². The molecule has 1 aliphatic carbocycles. The smallest absolute Gasteiger partial charge is 0.341 e. The first-order valence-electron chi connectivity index (χ1n) is 12.4. The number of hydrogen-bond donors (Lipinski definition) is 1. The number of nitrogens with one attached hydrogen (secondary N) is 1. The minimum atomic E-state index is -0.474. The number of nitrogens with zero attached hydrogens (tertiary/aromatic N) is 2. The molecular formula is C26H28ClN3O6S3. The number of amides is 2. The van der Waals surface area contributed by atoms with Gasteiger partial charge in [-0.05, 0) is 56.4 Å². The third kappa shape index (κ3) is 7.30. The van der Waals surface area contributed by atoms with Crippen LogP contribution >= 0.6 is 46.0 Å². The lowest BCUT2D eigenvalue weighted by Gasteiger charge is -2.08. The van der Waals surface area contributed by atoms with Crippen molar-refractivity contribution in [1.82, 2.24) is 4.57 Å². The summed E-state index contributed by atoms with van der Waals surface area (Å²) in [4.78, 5) is 55.7. The van der Waals surface area contributed by atoms with E-state index in [1.54, 1.807) is 29.7 Å². The number of thiophene rings is 1. The van der Waals surface area contributed by atoms with Crippen molar-refractivity contribution in [2.24, 2.45) is 4.99 Å². The molecule has 2 heterocycles. The lowest BCUT2D eigenvalue weighted by molar-refractivity contribution is -0.141. The highest BCUT2D eigenvalue weighted by molar-refractivity contribution is 8.00. The third-order valence-electron chi connectivity index (χ3n) is 5.99. The van der Waals surface area contributed by atoms with E-state index in [1.165, 1.54) is 29.8 Å². The number of aryl methyl sites for hydroxylation is 1. The normalized spacial score (nSPS) is 13.6. The Kier molecular flexibility index (Phi) is 10.2. The number of esters is 2. The number of anilines is 1. The van der Waals surface area contributed by atoms with E-state index in [2.05, 4.69) is 10.3 Å². The molecule has 1 aromatic carbocycles. The van der Waals surface area contributed by atoms with Crippen LogP contribution < -0.4 is 10.1 Å². The SMILES string of the molecule is CCOC(=O)c1c(NC(=O)CSCC(=O)N=c2sc3cc(Cl)ccc3n2CC(=O)OC)sc2c1CCCCC2. The largest absolute Gasteiger partial charge is 0.468 e. The first-order valence-corrected chi connectivity index (χ1v) is 15.6. The number of thioether (sulfide) groups is 1. The Morgan fingerprint density at radius 3 is 2.69 bits per heavy atom. The summed E-state index contributed by atoms with van der Waals surface area (Å²) in [7, 11) is 1.29. The highest BCUT2D eigenvalue weighted by Crippen LogP contribution is 2.38. The van der Waals surface area contributed by atoms with Crippen LogP contribution in [0.4, 0.5) is 5.00 Å². The number of rotatable bonds is 9. The summed E-state index contributed by atoms with van der Waals surface area (Å²) < 4.78 is 12.4. The topological polar surface area (TPSA) is 116 Å². The summed E-state index contributed by atoms with van der Waals surface area (Å²) in [5, 5.41) is 3.90. The van der Waals surface area contributed by atoms with E-state index < -0.39 is 17.8 Å². The molecule has 0 bridgehead atoms. The first kappa shape index (κ1) is 29.3. The average Bonchev–Trinajstić information content (AvgIpc) is 3.30. The second-order valence-electron chi connectivity index (χ2n) is 8.69. The molecule has 39 heavy (non-hydrogen) atoms. The molecule has 13 heteroatoms. The van der Waals surface area contributed by atoms with Crippen LogP contribution in [-0.2, 0) is 43.2 Å². The number of benzene rings is 1. The first-order chi connectivity index (χ1) is 18.8. The predicted molar refractivity (Wildman–Crippen MR) is 155 cm³/mol. The fourth-order valence-electron chi connectivity index (χ4n) is 4.26. The Labute approximate surface area is 242 Å². The predicted octanol–water partition coefficient (Wildman–Crippen LogP) is 4.84. The van der Waals surface area contributed by atoms with Gasteiger partial charge in [-0.1, -0.05) is 29.4 Å². The van der Waals surface area contributed by atoms with Crippen molar-refractivity contribution in [3.05, 3.63) is 44.0 Å². The molecule has 0 unspecified atom stereocenters. The molecule has 0 aliphatic heterocycles. The molecule has 4 rings (SSSR count). The molecule has 9 nitrogen and oxygen atoms in total. The molecule has 0 fully saturated rings. The fraction of sp³-hybridized carbons (Fsp3) is 0.423. The van der Waals surface area contributed by atoms with Crippen molar-refractivity contribution < 1.29 is 28.7 Å². The molecule has 3 aromatic rings. The van der Waals surface area contributed by atoms with Gasteiger partial charge in [0.15, 0.2) is 4.80 Å². The zero-order valence-corrected chi connectivity index (χ0v) is 24.7. The summed E-state index contributed by atoms with van der Waals surface area (Å²) in [6.45, 7) is 1.91. The Morgan fingerprint density at radius 1 is 1.13 bits per heavy atom.